The second-order valence-corrected chi connectivity index (χ2v) is 4.58. The normalized spacial score (nSPS) is 10.3. The van der Waals surface area contributed by atoms with Crippen LogP contribution in [0.3, 0.4) is 0 Å². The van der Waals surface area contributed by atoms with Gasteiger partial charge in [0, 0.05) is 25.7 Å². The molecule has 0 aliphatic rings. The van der Waals surface area contributed by atoms with Gasteiger partial charge in [0.1, 0.15) is 5.78 Å². The molecule has 1 aromatic rings. The molecule has 16 heavy (non-hydrogen) atoms. The van der Waals surface area contributed by atoms with Crippen LogP contribution in [0.15, 0.2) is 12.1 Å². The van der Waals surface area contributed by atoms with E-state index >= 15 is 0 Å². The van der Waals surface area contributed by atoms with Crippen molar-refractivity contribution in [3.63, 3.8) is 0 Å². The number of benzene rings is 1. The third-order valence-electron chi connectivity index (χ3n) is 3.15. The fourth-order valence-electron chi connectivity index (χ4n) is 1.69. The van der Waals surface area contributed by atoms with E-state index in [9.17, 15) is 4.79 Å². The minimum Gasteiger partial charge on any atom is -0.374 e. The SMILES string of the molecule is CC(=O)CCN(C)c1cc(C)c(C)c(C)c1. The molecule has 2 heteroatoms. The average Bonchev–Trinajstić information content (AvgIpc) is 2.21. The van der Waals surface area contributed by atoms with Crippen LogP contribution in [0.5, 0.6) is 0 Å². The Morgan fingerprint density at radius 1 is 1.19 bits per heavy atom. The third-order valence-corrected chi connectivity index (χ3v) is 3.15. The molecule has 2 nitrogen and oxygen atoms in total. The molecule has 88 valence electrons. The van der Waals surface area contributed by atoms with E-state index in [0.29, 0.717) is 6.42 Å². The fourth-order valence-corrected chi connectivity index (χ4v) is 1.69. The van der Waals surface area contributed by atoms with E-state index in [1.54, 1.807) is 6.92 Å². The van der Waals surface area contributed by atoms with E-state index in [1.165, 1.54) is 22.4 Å². The quantitative estimate of drug-likeness (QED) is 0.775. The lowest BCUT2D eigenvalue weighted by Gasteiger charge is -2.20. The topological polar surface area (TPSA) is 20.3 Å². The number of Topliss-reactive ketones (excluding diaryl/α,β-unsaturated/α-hetero) is 1. The summed E-state index contributed by atoms with van der Waals surface area (Å²) in [5, 5.41) is 0. The van der Waals surface area contributed by atoms with Crippen LogP contribution < -0.4 is 4.90 Å². The van der Waals surface area contributed by atoms with E-state index in [1.807, 2.05) is 7.05 Å². The van der Waals surface area contributed by atoms with Crippen molar-refractivity contribution >= 4 is 11.5 Å². The van der Waals surface area contributed by atoms with Crippen LogP contribution >= 0.6 is 0 Å². The molecule has 0 radical (unpaired) electrons. The Morgan fingerprint density at radius 2 is 1.69 bits per heavy atom. The molecule has 0 N–H and O–H groups in total. The molecule has 0 atom stereocenters. The predicted molar refractivity (Wildman–Crippen MR) is 69.2 cm³/mol. The van der Waals surface area contributed by atoms with Gasteiger partial charge in [-0.1, -0.05) is 0 Å². The lowest BCUT2D eigenvalue weighted by atomic mass is 10.0. The van der Waals surface area contributed by atoms with Crippen molar-refractivity contribution in [1.29, 1.82) is 0 Å². The van der Waals surface area contributed by atoms with Gasteiger partial charge < -0.3 is 4.90 Å². The molecule has 0 saturated carbocycles. The molecule has 0 unspecified atom stereocenters. The number of ketones is 1. The van der Waals surface area contributed by atoms with Gasteiger partial charge in [-0.3, -0.25) is 4.79 Å². The van der Waals surface area contributed by atoms with Gasteiger partial charge in [-0.2, -0.15) is 0 Å². The monoisotopic (exact) mass is 219 g/mol. The summed E-state index contributed by atoms with van der Waals surface area (Å²) in [6.07, 6.45) is 0.614. The number of carbonyl (C=O) groups is 1. The maximum Gasteiger partial charge on any atom is 0.131 e. The number of hydrogen-bond acceptors (Lipinski definition) is 2. The van der Waals surface area contributed by atoms with Crippen LogP contribution in [0, 0.1) is 20.8 Å². The van der Waals surface area contributed by atoms with Crippen molar-refractivity contribution in [3.05, 3.63) is 28.8 Å². The summed E-state index contributed by atoms with van der Waals surface area (Å²) in [5.41, 5.74) is 5.17. The Hall–Kier alpha value is -1.31. The lowest BCUT2D eigenvalue weighted by molar-refractivity contribution is -0.116. The van der Waals surface area contributed by atoms with Gasteiger partial charge in [-0.15, -0.1) is 0 Å². The zero-order valence-electron chi connectivity index (χ0n) is 10.9. The van der Waals surface area contributed by atoms with Gasteiger partial charge in [0.15, 0.2) is 0 Å². The molecule has 0 aliphatic carbocycles. The third kappa shape index (κ3) is 3.09. The minimum atomic E-state index is 0.243. The van der Waals surface area contributed by atoms with E-state index in [2.05, 4.69) is 37.8 Å². The first kappa shape index (κ1) is 12.8. The number of aryl methyl sites for hydroxylation is 2. The fraction of sp³-hybridized carbons (Fsp3) is 0.500. The van der Waals surface area contributed by atoms with Crippen LogP contribution in [-0.2, 0) is 4.79 Å². The Bertz CT molecular complexity index is 373. The highest BCUT2D eigenvalue weighted by Gasteiger charge is 2.06. The molecule has 0 aromatic heterocycles. The Kier molecular flexibility index (Phi) is 4.11. The van der Waals surface area contributed by atoms with Crippen LogP contribution in [0.2, 0.25) is 0 Å². The van der Waals surface area contributed by atoms with Gasteiger partial charge in [-0.05, 0) is 56.5 Å². The van der Waals surface area contributed by atoms with Gasteiger partial charge >= 0.3 is 0 Å². The predicted octanol–water partition coefficient (Wildman–Crippen LogP) is 3.03. The van der Waals surface area contributed by atoms with E-state index in [4.69, 9.17) is 0 Å². The minimum absolute atomic E-state index is 0.243. The maximum atomic E-state index is 10.9. The summed E-state index contributed by atoms with van der Waals surface area (Å²) in [5.74, 6) is 0.243. The molecule has 1 aromatic carbocycles. The Labute approximate surface area is 98.3 Å². The number of carbonyl (C=O) groups excluding carboxylic acids is 1. The second-order valence-electron chi connectivity index (χ2n) is 4.58. The van der Waals surface area contributed by atoms with Crippen molar-refractivity contribution in [2.24, 2.45) is 0 Å². The zero-order valence-corrected chi connectivity index (χ0v) is 10.9. The largest absolute Gasteiger partial charge is 0.374 e. The molecule has 1 rings (SSSR count). The molecular formula is C14H21NO. The first-order chi connectivity index (χ1) is 7.41. The molecular weight excluding hydrogens is 198 g/mol. The van der Waals surface area contributed by atoms with Crippen molar-refractivity contribution < 1.29 is 4.79 Å². The van der Waals surface area contributed by atoms with Gasteiger partial charge in [0.2, 0.25) is 0 Å². The van der Waals surface area contributed by atoms with Crippen LogP contribution in [0.4, 0.5) is 5.69 Å². The van der Waals surface area contributed by atoms with Gasteiger partial charge in [0.05, 0.1) is 0 Å². The zero-order chi connectivity index (χ0) is 12.3. The second kappa shape index (κ2) is 5.15. The summed E-state index contributed by atoms with van der Waals surface area (Å²) in [4.78, 5) is 13.1. The smallest absolute Gasteiger partial charge is 0.131 e. The first-order valence-electron chi connectivity index (χ1n) is 5.70. The van der Waals surface area contributed by atoms with Gasteiger partial charge in [-0.25, -0.2) is 0 Å². The Balaban J connectivity index is 2.84. The number of rotatable bonds is 4. The van der Waals surface area contributed by atoms with Crippen LogP contribution in [0.25, 0.3) is 0 Å². The summed E-state index contributed by atoms with van der Waals surface area (Å²) < 4.78 is 0. The molecule has 0 bridgehead atoms. The lowest BCUT2D eigenvalue weighted by Crippen LogP contribution is -2.20. The molecule has 0 spiro atoms. The Morgan fingerprint density at radius 3 is 2.12 bits per heavy atom. The number of anilines is 1. The summed E-state index contributed by atoms with van der Waals surface area (Å²) in [6.45, 7) is 8.83. The highest BCUT2D eigenvalue weighted by Crippen LogP contribution is 2.21. The molecule has 0 aliphatic heterocycles. The number of nitrogens with zero attached hydrogens (tertiary/aromatic N) is 1. The average molecular weight is 219 g/mol. The maximum absolute atomic E-state index is 10.9. The standard InChI is InChI=1S/C14H21NO/c1-10-8-14(9-11(2)13(10)4)15(5)7-6-12(3)16/h8-9H,6-7H2,1-5H3. The molecule has 0 saturated heterocycles. The summed E-state index contributed by atoms with van der Waals surface area (Å²) in [7, 11) is 2.03. The first-order valence-corrected chi connectivity index (χ1v) is 5.70. The highest BCUT2D eigenvalue weighted by molar-refractivity contribution is 5.76. The van der Waals surface area contributed by atoms with Crippen LogP contribution in [0.1, 0.15) is 30.0 Å². The van der Waals surface area contributed by atoms with E-state index in [0.717, 1.165) is 6.54 Å². The summed E-state index contributed by atoms with van der Waals surface area (Å²) >= 11 is 0. The highest BCUT2D eigenvalue weighted by atomic mass is 16.1. The molecule has 0 fully saturated rings. The summed E-state index contributed by atoms with van der Waals surface area (Å²) in [6, 6.07) is 4.37. The number of hydrogen-bond donors (Lipinski definition) is 0. The van der Waals surface area contributed by atoms with Crippen molar-refractivity contribution in [2.75, 3.05) is 18.5 Å². The van der Waals surface area contributed by atoms with Crippen LogP contribution in [-0.4, -0.2) is 19.4 Å². The van der Waals surface area contributed by atoms with Crippen molar-refractivity contribution in [1.82, 2.24) is 0 Å². The molecule has 0 heterocycles. The molecule has 0 amide bonds. The van der Waals surface area contributed by atoms with E-state index in [-0.39, 0.29) is 5.78 Å². The van der Waals surface area contributed by atoms with Crippen molar-refractivity contribution in [2.45, 2.75) is 34.1 Å². The van der Waals surface area contributed by atoms with Crippen molar-refractivity contribution in [3.8, 4) is 0 Å². The van der Waals surface area contributed by atoms with E-state index < -0.39 is 0 Å². The van der Waals surface area contributed by atoms with Gasteiger partial charge in [0.25, 0.3) is 0 Å².